The maximum atomic E-state index is 13.8. The van der Waals surface area contributed by atoms with Crippen molar-refractivity contribution in [1.29, 1.82) is 0 Å². The Hall–Kier alpha value is -2.22. The SMILES string of the molecule is Cc1noc(C(C)C)c1C(=O)O[C@@H](C)C(=O)Nc1ccc(Br)cc1F. The molecule has 0 bridgehead atoms. The van der Waals surface area contributed by atoms with E-state index >= 15 is 0 Å². The maximum absolute atomic E-state index is 13.8. The monoisotopic (exact) mass is 412 g/mol. The number of amides is 1. The fraction of sp³-hybridized carbons (Fsp3) is 0.353. The maximum Gasteiger partial charge on any atom is 0.344 e. The van der Waals surface area contributed by atoms with Crippen molar-refractivity contribution < 1.29 is 23.2 Å². The van der Waals surface area contributed by atoms with Crippen LogP contribution in [0.15, 0.2) is 27.2 Å². The van der Waals surface area contributed by atoms with Crippen LogP contribution in [0.1, 0.15) is 48.5 Å². The lowest BCUT2D eigenvalue weighted by Gasteiger charge is -2.14. The second-order valence-corrected chi connectivity index (χ2v) is 6.74. The van der Waals surface area contributed by atoms with E-state index in [4.69, 9.17) is 9.26 Å². The van der Waals surface area contributed by atoms with Crippen LogP contribution in [0.5, 0.6) is 0 Å². The van der Waals surface area contributed by atoms with Gasteiger partial charge in [0, 0.05) is 10.4 Å². The van der Waals surface area contributed by atoms with Gasteiger partial charge in [0.1, 0.15) is 11.4 Å². The Labute approximate surface area is 152 Å². The van der Waals surface area contributed by atoms with E-state index in [2.05, 4.69) is 26.4 Å². The highest BCUT2D eigenvalue weighted by Crippen LogP contribution is 2.24. The molecule has 134 valence electrons. The predicted octanol–water partition coefficient (Wildman–Crippen LogP) is 4.19. The number of aromatic nitrogens is 1. The van der Waals surface area contributed by atoms with Crippen molar-refractivity contribution in [3.8, 4) is 0 Å². The molecular formula is C17H18BrFN2O4. The Balaban J connectivity index is 2.08. The number of nitrogens with zero attached hydrogens (tertiary/aromatic N) is 1. The summed E-state index contributed by atoms with van der Waals surface area (Å²) in [7, 11) is 0. The second kappa shape index (κ2) is 7.77. The van der Waals surface area contributed by atoms with Crippen LogP contribution in [-0.4, -0.2) is 23.1 Å². The van der Waals surface area contributed by atoms with Crippen molar-refractivity contribution in [3.05, 3.63) is 45.5 Å². The molecule has 8 heteroatoms. The van der Waals surface area contributed by atoms with E-state index in [1.54, 1.807) is 13.0 Å². The smallest absolute Gasteiger partial charge is 0.344 e. The van der Waals surface area contributed by atoms with Crippen molar-refractivity contribution in [1.82, 2.24) is 5.16 Å². The minimum atomic E-state index is -1.12. The summed E-state index contributed by atoms with van der Waals surface area (Å²) in [6, 6.07) is 4.22. The van der Waals surface area contributed by atoms with Crippen LogP contribution < -0.4 is 5.32 Å². The average Bonchev–Trinajstić information content (AvgIpc) is 2.91. The molecule has 2 aromatic rings. The summed E-state index contributed by atoms with van der Waals surface area (Å²) in [6.07, 6.45) is -1.12. The van der Waals surface area contributed by atoms with Gasteiger partial charge in [-0.05, 0) is 32.0 Å². The van der Waals surface area contributed by atoms with E-state index in [-0.39, 0.29) is 17.2 Å². The highest BCUT2D eigenvalue weighted by Gasteiger charge is 2.27. The summed E-state index contributed by atoms with van der Waals surface area (Å²) in [5, 5.41) is 6.16. The Bertz CT molecular complexity index is 804. The van der Waals surface area contributed by atoms with Gasteiger partial charge in [0.2, 0.25) is 0 Å². The lowest BCUT2D eigenvalue weighted by Crippen LogP contribution is -2.30. The number of rotatable bonds is 5. The number of anilines is 1. The first-order chi connectivity index (χ1) is 11.7. The molecule has 0 fully saturated rings. The standard InChI is InChI=1S/C17H18BrFN2O4/c1-8(2)15-14(9(3)21-25-15)17(23)24-10(4)16(22)20-13-6-5-11(18)7-12(13)19/h5-8,10H,1-4H3,(H,20,22)/t10-/m0/s1. The quantitative estimate of drug-likeness (QED) is 0.744. The van der Waals surface area contributed by atoms with Gasteiger partial charge >= 0.3 is 5.97 Å². The van der Waals surface area contributed by atoms with Gasteiger partial charge in [-0.2, -0.15) is 0 Å². The van der Waals surface area contributed by atoms with Crippen LogP contribution in [0.4, 0.5) is 10.1 Å². The number of halogens is 2. The van der Waals surface area contributed by atoms with Gasteiger partial charge in [-0.25, -0.2) is 9.18 Å². The van der Waals surface area contributed by atoms with Crippen molar-refractivity contribution in [2.45, 2.75) is 39.7 Å². The first kappa shape index (κ1) is 19.1. The van der Waals surface area contributed by atoms with Gasteiger partial charge in [0.05, 0.1) is 11.4 Å². The second-order valence-electron chi connectivity index (χ2n) is 5.82. The molecule has 6 nitrogen and oxygen atoms in total. The molecule has 0 unspecified atom stereocenters. The van der Waals surface area contributed by atoms with Gasteiger partial charge in [0.15, 0.2) is 11.9 Å². The molecule has 0 aliphatic heterocycles. The Kier molecular flexibility index (Phi) is 5.94. The number of benzene rings is 1. The molecule has 2 rings (SSSR count). The van der Waals surface area contributed by atoms with Crippen molar-refractivity contribution in [2.24, 2.45) is 0 Å². The highest BCUT2D eigenvalue weighted by molar-refractivity contribution is 9.10. The van der Waals surface area contributed by atoms with Crippen LogP contribution in [0.3, 0.4) is 0 Å². The van der Waals surface area contributed by atoms with Crippen LogP contribution in [0, 0.1) is 12.7 Å². The Morgan fingerprint density at radius 2 is 2.00 bits per heavy atom. The van der Waals surface area contributed by atoms with E-state index in [9.17, 15) is 14.0 Å². The van der Waals surface area contributed by atoms with E-state index in [0.29, 0.717) is 15.9 Å². The normalized spacial score (nSPS) is 12.1. The zero-order valence-corrected chi connectivity index (χ0v) is 15.8. The molecule has 0 radical (unpaired) electrons. The molecule has 1 N–H and O–H groups in total. The molecular weight excluding hydrogens is 395 g/mol. The van der Waals surface area contributed by atoms with Gasteiger partial charge < -0.3 is 14.6 Å². The summed E-state index contributed by atoms with van der Waals surface area (Å²) in [5.74, 6) is -1.62. The molecule has 1 heterocycles. The number of hydrogen-bond acceptors (Lipinski definition) is 5. The summed E-state index contributed by atoms with van der Waals surface area (Å²) in [5.41, 5.74) is 0.602. The van der Waals surface area contributed by atoms with Crippen LogP contribution in [0.2, 0.25) is 0 Å². The summed E-state index contributed by atoms with van der Waals surface area (Å²) >= 11 is 3.13. The highest BCUT2D eigenvalue weighted by atomic mass is 79.9. The fourth-order valence-corrected chi connectivity index (χ4v) is 2.46. The van der Waals surface area contributed by atoms with Gasteiger partial charge in [-0.15, -0.1) is 0 Å². The zero-order valence-electron chi connectivity index (χ0n) is 14.2. The van der Waals surface area contributed by atoms with Gasteiger partial charge in [-0.1, -0.05) is 34.9 Å². The largest absolute Gasteiger partial charge is 0.449 e. The molecule has 0 saturated carbocycles. The number of hydrogen-bond donors (Lipinski definition) is 1. The zero-order chi connectivity index (χ0) is 18.7. The van der Waals surface area contributed by atoms with E-state index in [1.807, 2.05) is 13.8 Å². The average molecular weight is 413 g/mol. The summed E-state index contributed by atoms with van der Waals surface area (Å²) in [4.78, 5) is 24.5. The van der Waals surface area contributed by atoms with Gasteiger partial charge in [-0.3, -0.25) is 4.79 Å². The Morgan fingerprint density at radius 3 is 2.60 bits per heavy atom. The number of ether oxygens (including phenoxy) is 1. The van der Waals surface area contributed by atoms with E-state index in [0.717, 1.165) is 0 Å². The minimum Gasteiger partial charge on any atom is -0.449 e. The first-order valence-electron chi connectivity index (χ1n) is 7.63. The summed E-state index contributed by atoms with van der Waals surface area (Å²) < 4.78 is 24.6. The van der Waals surface area contributed by atoms with E-state index in [1.165, 1.54) is 19.1 Å². The molecule has 1 aromatic carbocycles. The number of carbonyl (C=O) groups is 2. The van der Waals surface area contributed by atoms with Crippen LogP contribution in [-0.2, 0) is 9.53 Å². The van der Waals surface area contributed by atoms with Crippen LogP contribution >= 0.6 is 15.9 Å². The third kappa shape index (κ3) is 4.45. The molecule has 25 heavy (non-hydrogen) atoms. The van der Waals surface area contributed by atoms with Crippen molar-refractivity contribution >= 4 is 33.5 Å². The van der Waals surface area contributed by atoms with Gasteiger partial charge in [0.25, 0.3) is 5.91 Å². The number of nitrogens with one attached hydrogen (secondary N) is 1. The molecule has 1 aromatic heterocycles. The molecule has 1 atom stereocenters. The Morgan fingerprint density at radius 1 is 1.32 bits per heavy atom. The molecule has 1 amide bonds. The van der Waals surface area contributed by atoms with Crippen molar-refractivity contribution in [3.63, 3.8) is 0 Å². The third-order valence-electron chi connectivity index (χ3n) is 3.46. The molecule has 0 saturated heterocycles. The fourth-order valence-electron chi connectivity index (χ4n) is 2.13. The molecule has 0 spiro atoms. The van der Waals surface area contributed by atoms with Crippen molar-refractivity contribution in [2.75, 3.05) is 5.32 Å². The minimum absolute atomic E-state index is 0.000117. The predicted molar refractivity (Wildman–Crippen MR) is 92.9 cm³/mol. The number of aryl methyl sites for hydroxylation is 1. The third-order valence-corrected chi connectivity index (χ3v) is 3.95. The summed E-state index contributed by atoms with van der Waals surface area (Å²) in [6.45, 7) is 6.72. The lowest BCUT2D eigenvalue weighted by molar-refractivity contribution is -0.123. The number of carbonyl (C=O) groups excluding carboxylic acids is 2. The molecule has 0 aliphatic rings. The van der Waals surface area contributed by atoms with E-state index < -0.39 is 23.8 Å². The topological polar surface area (TPSA) is 81.4 Å². The molecule has 0 aliphatic carbocycles. The first-order valence-corrected chi connectivity index (χ1v) is 8.43. The van der Waals surface area contributed by atoms with Crippen LogP contribution in [0.25, 0.3) is 0 Å². The number of esters is 1. The lowest BCUT2D eigenvalue weighted by atomic mass is 10.1.